The standard InChI is InChI=1S/C26H20N2OS/c1-17-26(30-16-28-17)24-21-12-11-19(10-9-18-6-3-2-4-7-18)14-22(21)25(29)23(24)20-8-5-13-27-15-20/h2-8,11-16H,9-10H2,1H3. The molecule has 0 bridgehead atoms. The molecule has 0 radical (unpaired) electrons. The van der Waals surface area contributed by atoms with E-state index in [0.717, 1.165) is 51.2 Å². The number of allylic oxidation sites excluding steroid dienone is 1. The van der Waals surface area contributed by atoms with Crippen LogP contribution in [-0.4, -0.2) is 15.8 Å². The normalized spacial score (nSPS) is 13.0. The Morgan fingerprint density at radius 1 is 0.867 bits per heavy atom. The fourth-order valence-corrected chi connectivity index (χ4v) is 4.90. The van der Waals surface area contributed by atoms with E-state index in [2.05, 4.69) is 52.4 Å². The number of carbonyl (C=O) groups excluding carboxylic acids is 1. The molecule has 2 aromatic carbocycles. The smallest absolute Gasteiger partial charge is 0.194 e. The number of aryl methyl sites for hydroxylation is 3. The molecule has 4 aromatic rings. The van der Waals surface area contributed by atoms with E-state index in [1.54, 1.807) is 23.7 Å². The van der Waals surface area contributed by atoms with Crippen molar-refractivity contribution in [2.75, 3.05) is 0 Å². The second kappa shape index (κ2) is 7.81. The molecule has 2 heterocycles. The van der Waals surface area contributed by atoms with Gasteiger partial charge in [0, 0.05) is 34.7 Å². The fraction of sp³-hybridized carbons (Fsp3) is 0.115. The van der Waals surface area contributed by atoms with Crippen molar-refractivity contribution in [2.24, 2.45) is 0 Å². The van der Waals surface area contributed by atoms with Crippen LogP contribution in [-0.2, 0) is 12.8 Å². The summed E-state index contributed by atoms with van der Waals surface area (Å²) >= 11 is 1.58. The van der Waals surface area contributed by atoms with Crippen LogP contribution in [0.4, 0.5) is 0 Å². The number of hydrogen-bond donors (Lipinski definition) is 0. The van der Waals surface area contributed by atoms with Gasteiger partial charge in [0.05, 0.1) is 16.1 Å². The van der Waals surface area contributed by atoms with Gasteiger partial charge in [-0.05, 0) is 48.6 Å². The summed E-state index contributed by atoms with van der Waals surface area (Å²) in [5.41, 5.74) is 9.62. The van der Waals surface area contributed by atoms with Crippen molar-refractivity contribution in [3.8, 4) is 0 Å². The summed E-state index contributed by atoms with van der Waals surface area (Å²) < 4.78 is 0. The third-order valence-electron chi connectivity index (χ3n) is 5.54. The molecule has 3 nitrogen and oxygen atoms in total. The summed E-state index contributed by atoms with van der Waals surface area (Å²) in [5, 5.41) is 0. The monoisotopic (exact) mass is 408 g/mol. The van der Waals surface area contributed by atoms with Gasteiger partial charge in [-0.2, -0.15) is 0 Å². The van der Waals surface area contributed by atoms with E-state index in [4.69, 9.17) is 0 Å². The van der Waals surface area contributed by atoms with Crippen molar-refractivity contribution in [1.29, 1.82) is 0 Å². The van der Waals surface area contributed by atoms with Crippen molar-refractivity contribution >= 4 is 28.3 Å². The second-order valence-corrected chi connectivity index (χ2v) is 8.31. The third-order valence-corrected chi connectivity index (χ3v) is 6.49. The van der Waals surface area contributed by atoms with E-state index >= 15 is 0 Å². The minimum atomic E-state index is 0.0716. The summed E-state index contributed by atoms with van der Waals surface area (Å²) in [4.78, 5) is 23.3. The SMILES string of the molecule is Cc1ncsc1C1=C(c2cccnc2)C(=O)c2cc(CCc3ccccc3)ccc21. The highest BCUT2D eigenvalue weighted by atomic mass is 32.1. The summed E-state index contributed by atoms with van der Waals surface area (Å²) in [6.07, 6.45) is 5.36. The van der Waals surface area contributed by atoms with Gasteiger partial charge in [0.2, 0.25) is 0 Å². The van der Waals surface area contributed by atoms with Crippen LogP contribution in [0.2, 0.25) is 0 Å². The van der Waals surface area contributed by atoms with Gasteiger partial charge >= 0.3 is 0 Å². The van der Waals surface area contributed by atoms with Crippen LogP contribution in [0.15, 0.2) is 78.6 Å². The number of nitrogens with zero attached hydrogens (tertiary/aromatic N) is 2. The van der Waals surface area contributed by atoms with Gasteiger partial charge in [0.25, 0.3) is 0 Å². The van der Waals surface area contributed by atoms with Gasteiger partial charge in [0.1, 0.15) is 0 Å². The Kier molecular flexibility index (Phi) is 4.85. The Morgan fingerprint density at radius 3 is 2.43 bits per heavy atom. The molecule has 0 N–H and O–H groups in total. The lowest BCUT2D eigenvalue weighted by molar-refractivity contribution is 0.105. The topological polar surface area (TPSA) is 42.9 Å². The van der Waals surface area contributed by atoms with E-state index in [9.17, 15) is 4.79 Å². The predicted molar refractivity (Wildman–Crippen MR) is 122 cm³/mol. The van der Waals surface area contributed by atoms with E-state index in [1.165, 1.54) is 11.1 Å². The Hall–Kier alpha value is -3.37. The lowest BCUT2D eigenvalue weighted by Crippen LogP contribution is -2.00. The van der Waals surface area contributed by atoms with Crippen molar-refractivity contribution in [2.45, 2.75) is 19.8 Å². The molecule has 0 spiro atoms. The number of thiazole rings is 1. The number of hydrogen-bond acceptors (Lipinski definition) is 4. The Morgan fingerprint density at radius 2 is 1.70 bits per heavy atom. The highest BCUT2D eigenvalue weighted by Crippen LogP contribution is 2.44. The number of benzene rings is 2. The molecule has 5 rings (SSSR count). The van der Waals surface area contributed by atoms with Crippen LogP contribution in [0.25, 0.3) is 11.1 Å². The molecule has 0 saturated carbocycles. The van der Waals surface area contributed by atoms with Gasteiger partial charge in [0.15, 0.2) is 5.78 Å². The number of pyridine rings is 1. The minimum absolute atomic E-state index is 0.0716. The summed E-state index contributed by atoms with van der Waals surface area (Å²) in [6.45, 7) is 2.00. The number of rotatable bonds is 5. The molecule has 0 saturated heterocycles. The van der Waals surface area contributed by atoms with E-state index in [0.29, 0.717) is 0 Å². The predicted octanol–water partition coefficient (Wildman–Crippen LogP) is 5.79. The van der Waals surface area contributed by atoms with E-state index < -0.39 is 0 Å². The highest BCUT2D eigenvalue weighted by molar-refractivity contribution is 7.11. The molecule has 0 atom stereocenters. The molecule has 0 unspecified atom stereocenters. The molecule has 4 heteroatoms. The zero-order chi connectivity index (χ0) is 20.5. The minimum Gasteiger partial charge on any atom is -0.289 e. The zero-order valence-electron chi connectivity index (χ0n) is 16.6. The lowest BCUT2D eigenvalue weighted by Gasteiger charge is -2.08. The van der Waals surface area contributed by atoms with Crippen molar-refractivity contribution in [1.82, 2.24) is 9.97 Å². The molecule has 0 fully saturated rings. The number of Topliss-reactive ketones (excluding diaryl/α,β-unsaturated/α-hetero) is 1. The van der Waals surface area contributed by atoms with E-state index in [1.807, 2.05) is 30.6 Å². The quantitative estimate of drug-likeness (QED) is 0.420. The molecule has 0 aliphatic heterocycles. The Bertz CT molecular complexity index is 1260. The van der Waals surface area contributed by atoms with Crippen LogP contribution >= 0.6 is 11.3 Å². The first kappa shape index (κ1) is 18.6. The molecule has 1 aliphatic rings. The number of ketones is 1. The van der Waals surface area contributed by atoms with Gasteiger partial charge in [-0.3, -0.25) is 9.78 Å². The molecule has 1 aliphatic carbocycles. The molecule has 30 heavy (non-hydrogen) atoms. The van der Waals surface area contributed by atoms with Crippen molar-refractivity contribution in [3.05, 3.63) is 117 Å². The Labute approximate surface area is 179 Å². The second-order valence-electron chi connectivity index (χ2n) is 7.45. The summed E-state index contributed by atoms with van der Waals surface area (Å²) in [5.74, 6) is 0.0716. The first-order chi connectivity index (χ1) is 14.7. The lowest BCUT2D eigenvalue weighted by atomic mass is 9.97. The molecular weight excluding hydrogens is 388 g/mol. The first-order valence-electron chi connectivity index (χ1n) is 9.99. The maximum absolute atomic E-state index is 13.5. The maximum atomic E-state index is 13.5. The van der Waals surface area contributed by atoms with Crippen LogP contribution in [0, 0.1) is 6.92 Å². The van der Waals surface area contributed by atoms with Crippen molar-refractivity contribution in [3.63, 3.8) is 0 Å². The zero-order valence-corrected chi connectivity index (χ0v) is 17.4. The summed E-state index contributed by atoms with van der Waals surface area (Å²) in [6, 6.07) is 20.6. The number of aromatic nitrogens is 2. The van der Waals surface area contributed by atoms with Crippen molar-refractivity contribution < 1.29 is 4.79 Å². The maximum Gasteiger partial charge on any atom is 0.194 e. The van der Waals surface area contributed by atoms with Crippen LogP contribution in [0.1, 0.15) is 43.2 Å². The average Bonchev–Trinajstić information content (AvgIpc) is 3.34. The fourth-order valence-electron chi connectivity index (χ4n) is 4.03. The molecule has 146 valence electrons. The molecule has 2 aromatic heterocycles. The molecule has 0 amide bonds. The van der Waals surface area contributed by atoms with Gasteiger partial charge in [-0.15, -0.1) is 11.3 Å². The van der Waals surface area contributed by atoms with Gasteiger partial charge in [-0.1, -0.05) is 48.5 Å². The van der Waals surface area contributed by atoms with E-state index in [-0.39, 0.29) is 5.78 Å². The van der Waals surface area contributed by atoms with Gasteiger partial charge < -0.3 is 0 Å². The van der Waals surface area contributed by atoms with Gasteiger partial charge in [-0.25, -0.2) is 4.98 Å². The largest absolute Gasteiger partial charge is 0.289 e. The average molecular weight is 409 g/mol. The highest BCUT2D eigenvalue weighted by Gasteiger charge is 2.33. The third kappa shape index (κ3) is 3.29. The first-order valence-corrected chi connectivity index (χ1v) is 10.9. The Balaban J connectivity index is 1.57. The summed E-state index contributed by atoms with van der Waals surface area (Å²) in [7, 11) is 0. The number of fused-ring (bicyclic) bond motifs is 1. The van der Waals surface area contributed by atoms with Crippen LogP contribution < -0.4 is 0 Å². The van der Waals surface area contributed by atoms with Crippen LogP contribution in [0.3, 0.4) is 0 Å². The van der Waals surface area contributed by atoms with Crippen LogP contribution in [0.5, 0.6) is 0 Å². The number of carbonyl (C=O) groups is 1. The molecular formula is C26H20N2OS.